The highest BCUT2D eigenvalue weighted by Crippen LogP contribution is 2.29. The van der Waals surface area contributed by atoms with Gasteiger partial charge in [-0.1, -0.05) is 42.1 Å². The molecular formula is C15H10BrNS. The van der Waals surface area contributed by atoms with Crippen LogP contribution in [0.4, 0.5) is 0 Å². The summed E-state index contributed by atoms with van der Waals surface area (Å²) in [5, 5.41) is 3.54. The highest BCUT2D eigenvalue weighted by Gasteiger charge is 2.00. The number of rotatable bonds is 2. The van der Waals surface area contributed by atoms with Crippen LogP contribution in [0.3, 0.4) is 0 Å². The van der Waals surface area contributed by atoms with E-state index >= 15 is 0 Å². The minimum absolute atomic E-state index is 1.00. The summed E-state index contributed by atoms with van der Waals surface area (Å²) >= 11 is 5.07. The Bertz CT molecular complexity index is 679. The molecule has 1 nitrogen and oxygen atoms in total. The van der Waals surface area contributed by atoms with E-state index in [0.29, 0.717) is 0 Å². The van der Waals surface area contributed by atoms with Gasteiger partial charge in [0.1, 0.15) is 5.03 Å². The van der Waals surface area contributed by atoms with Crippen LogP contribution in [-0.4, -0.2) is 4.98 Å². The molecule has 0 saturated heterocycles. The minimum Gasteiger partial charge on any atom is -0.248 e. The molecule has 3 aromatic rings. The fourth-order valence-corrected chi connectivity index (χ4v) is 2.81. The van der Waals surface area contributed by atoms with E-state index in [9.17, 15) is 0 Å². The molecular weight excluding hydrogens is 306 g/mol. The maximum atomic E-state index is 4.37. The van der Waals surface area contributed by atoms with E-state index < -0.39 is 0 Å². The van der Waals surface area contributed by atoms with Crippen LogP contribution in [0.1, 0.15) is 0 Å². The summed E-state index contributed by atoms with van der Waals surface area (Å²) in [7, 11) is 0. The molecule has 0 bridgehead atoms. The van der Waals surface area contributed by atoms with Crippen molar-refractivity contribution in [3.05, 3.63) is 65.3 Å². The number of nitrogens with zero attached hydrogens (tertiary/aromatic N) is 1. The molecule has 1 aromatic heterocycles. The van der Waals surface area contributed by atoms with Crippen molar-refractivity contribution in [3.8, 4) is 0 Å². The average molecular weight is 316 g/mol. The van der Waals surface area contributed by atoms with E-state index in [1.54, 1.807) is 11.8 Å². The number of fused-ring (bicyclic) bond motifs is 1. The van der Waals surface area contributed by atoms with E-state index in [-0.39, 0.29) is 0 Å². The predicted octanol–water partition coefficient (Wildman–Crippen LogP) is 5.15. The molecule has 0 saturated carbocycles. The summed E-state index contributed by atoms with van der Waals surface area (Å²) < 4.78 is 1.00. The zero-order chi connectivity index (χ0) is 12.4. The molecule has 0 aliphatic heterocycles. The van der Waals surface area contributed by atoms with Gasteiger partial charge in [-0.05, 0) is 51.0 Å². The lowest BCUT2D eigenvalue weighted by molar-refractivity contribution is 1.12. The normalized spacial score (nSPS) is 10.7. The van der Waals surface area contributed by atoms with Gasteiger partial charge >= 0.3 is 0 Å². The summed E-state index contributed by atoms with van der Waals surface area (Å²) in [4.78, 5) is 5.58. The molecule has 2 aromatic carbocycles. The lowest BCUT2D eigenvalue weighted by Gasteiger charge is -2.03. The molecule has 0 amide bonds. The minimum atomic E-state index is 1.00. The Kier molecular flexibility index (Phi) is 3.35. The SMILES string of the molecule is Brc1ccc(Sc2ccc3ccccc3c2)nc1. The zero-order valence-corrected chi connectivity index (χ0v) is 11.9. The number of aromatic nitrogens is 1. The highest BCUT2D eigenvalue weighted by molar-refractivity contribution is 9.10. The van der Waals surface area contributed by atoms with Gasteiger partial charge in [-0.25, -0.2) is 4.98 Å². The maximum absolute atomic E-state index is 4.37. The van der Waals surface area contributed by atoms with Gasteiger partial charge in [0.15, 0.2) is 0 Å². The van der Waals surface area contributed by atoms with Crippen LogP contribution in [0.25, 0.3) is 10.8 Å². The molecule has 0 radical (unpaired) electrons. The Labute approximate surface area is 118 Å². The summed E-state index contributed by atoms with van der Waals surface area (Å²) in [6, 6.07) is 18.9. The summed E-state index contributed by atoms with van der Waals surface area (Å²) in [5.41, 5.74) is 0. The van der Waals surface area contributed by atoms with Gasteiger partial charge in [-0.2, -0.15) is 0 Å². The monoisotopic (exact) mass is 315 g/mol. The molecule has 3 heteroatoms. The molecule has 3 rings (SSSR count). The summed E-state index contributed by atoms with van der Waals surface area (Å²) in [6.07, 6.45) is 1.82. The summed E-state index contributed by atoms with van der Waals surface area (Å²) in [6.45, 7) is 0. The maximum Gasteiger partial charge on any atom is 0.101 e. The van der Waals surface area contributed by atoms with Crippen LogP contribution in [0.2, 0.25) is 0 Å². The quantitative estimate of drug-likeness (QED) is 0.648. The van der Waals surface area contributed by atoms with Crippen molar-refractivity contribution in [2.45, 2.75) is 9.92 Å². The number of hydrogen-bond donors (Lipinski definition) is 0. The van der Waals surface area contributed by atoms with Gasteiger partial charge < -0.3 is 0 Å². The van der Waals surface area contributed by atoms with Gasteiger partial charge in [-0.15, -0.1) is 0 Å². The third-order valence-electron chi connectivity index (χ3n) is 2.64. The molecule has 0 N–H and O–H groups in total. The molecule has 88 valence electrons. The largest absolute Gasteiger partial charge is 0.248 e. The van der Waals surface area contributed by atoms with Gasteiger partial charge in [0.2, 0.25) is 0 Å². The standard InChI is InChI=1S/C15H10BrNS/c16-13-6-8-15(17-10-13)18-14-7-5-11-3-1-2-4-12(11)9-14/h1-10H. The fraction of sp³-hybridized carbons (Fsp3) is 0. The van der Waals surface area contributed by atoms with Crippen molar-refractivity contribution in [3.63, 3.8) is 0 Å². The second-order valence-corrected chi connectivity index (χ2v) is 5.94. The Balaban J connectivity index is 1.92. The lowest BCUT2D eigenvalue weighted by Crippen LogP contribution is -1.79. The molecule has 0 fully saturated rings. The number of pyridine rings is 1. The Morgan fingerprint density at radius 1 is 0.889 bits per heavy atom. The van der Waals surface area contributed by atoms with Gasteiger partial charge in [0.25, 0.3) is 0 Å². The highest BCUT2D eigenvalue weighted by atomic mass is 79.9. The van der Waals surface area contributed by atoms with Crippen LogP contribution >= 0.6 is 27.7 Å². The Morgan fingerprint density at radius 2 is 1.72 bits per heavy atom. The van der Waals surface area contributed by atoms with Gasteiger partial charge in [0.05, 0.1) is 0 Å². The Hall–Kier alpha value is -1.32. The van der Waals surface area contributed by atoms with Crippen molar-refractivity contribution in [1.82, 2.24) is 4.98 Å². The average Bonchev–Trinajstić information content (AvgIpc) is 2.41. The van der Waals surface area contributed by atoms with E-state index in [4.69, 9.17) is 0 Å². The Morgan fingerprint density at radius 3 is 2.50 bits per heavy atom. The smallest absolute Gasteiger partial charge is 0.101 e. The molecule has 0 atom stereocenters. The second kappa shape index (κ2) is 5.12. The fourth-order valence-electron chi connectivity index (χ4n) is 1.77. The zero-order valence-electron chi connectivity index (χ0n) is 9.51. The van der Waals surface area contributed by atoms with Crippen molar-refractivity contribution < 1.29 is 0 Å². The van der Waals surface area contributed by atoms with Crippen molar-refractivity contribution in [2.75, 3.05) is 0 Å². The van der Waals surface area contributed by atoms with Crippen molar-refractivity contribution >= 4 is 38.5 Å². The van der Waals surface area contributed by atoms with Crippen LogP contribution in [-0.2, 0) is 0 Å². The first-order valence-corrected chi connectivity index (χ1v) is 7.20. The molecule has 0 unspecified atom stereocenters. The second-order valence-electron chi connectivity index (χ2n) is 3.93. The van der Waals surface area contributed by atoms with Crippen LogP contribution < -0.4 is 0 Å². The predicted molar refractivity (Wildman–Crippen MR) is 80.0 cm³/mol. The van der Waals surface area contributed by atoms with Gasteiger partial charge in [0, 0.05) is 15.6 Å². The molecule has 0 spiro atoms. The van der Waals surface area contributed by atoms with Crippen LogP contribution in [0, 0.1) is 0 Å². The lowest BCUT2D eigenvalue weighted by atomic mass is 10.1. The van der Waals surface area contributed by atoms with E-state index in [1.165, 1.54) is 15.7 Å². The molecule has 1 heterocycles. The molecule has 0 aliphatic carbocycles. The van der Waals surface area contributed by atoms with Crippen molar-refractivity contribution in [1.29, 1.82) is 0 Å². The first-order valence-electron chi connectivity index (χ1n) is 5.59. The number of halogens is 1. The van der Waals surface area contributed by atoms with Crippen LogP contribution in [0.15, 0.2) is 75.2 Å². The van der Waals surface area contributed by atoms with Crippen LogP contribution in [0.5, 0.6) is 0 Å². The summed E-state index contributed by atoms with van der Waals surface area (Å²) in [5.74, 6) is 0. The van der Waals surface area contributed by atoms with Crippen molar-refractivity contribution in [2.24, 2.45) is 0 Å². The number of hydrogen-bond acceptors (Lipinski definition) is 2. The van der Waals surface area contributed by atoms with Gasteiger partial charge in [-0.3, -0.25) is 0 Å². The van der Waals surface area contributed by atoms with E-state index in [0.717, 1.165) is 9.50 Å². The molecule has 18 heavy (non-hydrogen) atoms. The van der Waals surface area contributed by atoms with E-state index in [1.807, 2.05) is 18.3 Å². The first-order chi connectivity index (χ1) is 8.81. The third kappa shape index (κ3) is 2.57. The van der Waals surface area contributed by atoms with E-state index in [2.05, 4.69) is 63.4 Å². The first kappa shape index (κ1) is 11.8. The molecule has 0 aliphatic rings. The topological polar surface area (TPSA) is 12.9 Å². The third-order valence-corrected chi connectivity index (χ3v) is 4.05. The number of benzene rings is 2.